The lowest BCUT2D eigenvalue weighted by Gasteiger charge is -2.16. The summed E-state index contributed by atoms with van der Waals surface area (Å²) in [6, 6.07) is 13.2. The normalized spacial score (nSPS) is 17.9. The summed E-state index contributed by atoms with van der Waals surface area (Å²) in [5, 5.41) is 3.93. The SMILES string of the molecule is O=C1CC(Nc2ccc(Cl)cc2Cl)C(=O)N1c1ccccc1. The number of para-hydroxylation sites is 1. The first kappa shape index (κ1) is 14.9. The quantitative estimate of drug-likeness (QED) is 0.870. The van der Waals surface area contributed by atoms with Crippen LogP contribution in [0.5, 0.6) is 0 Å². The van der Waals surface area contributed by atoms with Crippen LogP contribution in [0.1, 0.15) is 6.42 Å². The number of amides is 2. The molecular weight excluding hydrogens is 323 g/mol. The fourth-order valence-electron chi connectivity index (χ4n) is 2.39. The number of nitrogens with one attached hydrogen (secondary N) is 1. The second-order valence-corrected chi connectivity index (χ2v) is 5.77. The third-order valence-corrected chi connectivity index (χ3v) is 3.97. The van der Waals surface area contributed by atoms with Crippen LogP contribution in [-0.4, -0.2) is 17.9 Å². The number of imide groups is 1. The number of carbonyl (C=O) groups excluding carboxylic acids is 2. The third-order valence-electron chi connectivity index (χ3n) is 3.42. The van der Waals surface area contributed by atoms with Crippen molar-refractivity contribution in [2.75, 3.05) is 10.2 Å². The molecular formula is C16H12Cl2N2O2. The Morgan fingerprint density at radius 1 is 1.05 bits per heavy atom. The molecule has 0 aromatic heterocycles. The van der Waals surface area contributed by atoms with E-state index in [-0.39, 0.29) is 18.2 Å². The van der Waals surface area contributed by atoms with Crippen molar-refractivity contribution >= 4 is 46.4 Å². The second kappa shape index (κ2) is 5.99. The molecule has 0 aliphatic carbocycles. The number of carbonyl (C=O) groups is 2. The van der Waals surface area contributed by atoms with Crippen molar-refractivity contribution in [3.8, 4) is 0 Å². The molecule has 0 bridgehead atoms. The first-order chi connectivity index (χ1) is 10.6. The van der Waals surface area contributed by atoms with E-state index in [1.165, 1.54) is 4.90 Å². The Labute approximate surface area is 137 Å². The van der Waals surface area contributed by atoms with E-state index in [1.54, 1.807) is 42.5 Å². The lowest BCUT2D eigenvalue weighted by Crippen LogP contribution is -2.34. The number of hydrogen-bond donors (Lipinski definition) is 1. The van der Waals surface area contributed by atoms with Gasteiger partial charge < -0.3 is 5.32 Å². The summed E-state index contributed by atoms with van der Waals surface area (Å²) >= 11 is 11.9. The van der Waals surface area contributed by atoms with Gasteiger partial charge in [-0.15, -0.1) is 0 Å². The number of benzene rings is 2. The highest BCUT2D eigenvalue weighted by Gasteiger charge is 2.39. The maximum Gasteiger partial charge on any atom is 0.256 e. The Morgan fingerprint density at radius 2 is 1.77 bits per heavy atom. The number of hydrogen-bond acceptors (Lipinski definition) is 3. The number of rotatable bonds is 3. The molecule has 0 saturated carbocycles. The molecule has 112 valence electrons. The van der Waals surface area contributed by atoms with Gasteiger partial charge in [-0.05, 0) is 30.3 Å². The molecule has 0 radical (unpaired) electrons. The van der Waals surface area contributed by atoms with E-state index in [4.69, 9.17) is 23.2 Å². The van der Waals surface area contributed by atoms with Crippen molar-refractivity contribution in [1.29, 1.82) is 0 Å². The monoisotopic (exact) mass is 334 g/mol. The minimum Gasteiger partial charge on any atom is -0.372 e. The predicted octanol–water partition coefficient (Wildman–Crippen LogP) is 3.74. The van der Waals surface area contributed by atoms with E-state index >= 15 is 0 Å². The van der Waals surface area contributed by atoms with Crippen LogP contribution in [0.15, 0.2) is 48.5 Å². The molecule has 1 fully saturated rings. The molecule has 1 aliphatic rings. The number of nitrogens with zero attached hydrogens (tertiary/aromatic N) is 1. The van der Waals surface area contributed by atoms with Gasteiger partial charge in [0, 0.05) is 5.02 Å². The second-order valence-electron chi connectivity index (χ2n) is 4.93. The molecule has 1 saturated heterocycles. The van der Waals surface area contributed by atoms with Gasteiger partial charge in [0.2, 0.25) is 5.91 Å². The van der Waals surface area contributed by atoms with Crippen molar-refractivity contribution in [3.63, 3.8) is 0 Å². The summed E-state index contributed by atoms with van der Waals surface area (Å²) in [4.78, 5) is 25.8. The van der Waals surface area contributed by atoms with Crippen molar-refractivity contribution in [2.24, 2.45) is 0 Å². The first-order valence-electron chi connectivity index (χ1n) is 6.69. The highest BCUT2D eigenvalue weighted by atomic mass is 35.5. The predicted molar refractivity (Wildman–Crippen MR) is 87.4 cm³/mol. The lowest BCUT2D eigenvalue weighted by molar-refractivity contribution is -0.121. The Hall–Kier alpha value is -2.04. The van der Waals surface area contributed by atoms with Crippen LogP contribution in [0.4, 0.5) is 11.4 Å². The van der Waals surface area contributed by atoms with Crippen molar-refractivity contribution < 1.29 is 9.59 Å². The van der Waals surface area contributed by atoms with E-state index < -0.39 is 6.04 Å². The molecule has 0 spiro atoms. The fourth-order valence-corrected chi connectivity index (χ4v) is 2.85. The molecule has 2 amide bonds. The Bertz CT molecular complexity index is 734. The van der Waals surface area contributed by atoms with Crippen LogP contribution < -0.4 is 10.2 Å². The fraction of sp³-hybridized carbons (Fsp3) is 0.125. The highest BCUT2D eigenvalue weighted by molar-refractivity contribution is 6.36. The van der Waals surface area contributed by atoms with Gasteiger partial charge in [-0.3, -0.25) is 9.59 Å². The summed E-state index contributed by atoms with van der Waals surface area (Å²) in [7, 11) is 0. The molecule has 2 aromatic carbocycles. The zero-order valence-corrected chi connectivity index (χ0v) is 12.9. The Kier molecular flexibility index (Phi) is 4.05. The van der Waals surface area contributed by atoms with Crippen LogP contribution in [0, 0.1) is 0 Å². The molecule has 1 N–H and O–H groups in total. The Balaban J connectivity index is 1.82. The van der Waals surface area contributed by atoms with Crippen LogP contribution in [0.25, 0.3) is 0 Å². The van der Waals surface area contributed by atoms with Crippen LogP contribution >= 0.6 is 23.2 Å². The molecule has 2 aromatic rings. The van der Waals surface area contributed by atoms with Crippen LogP contribution in [-0.2, 0) is 9.59 Å². The minimum absolute atomic E-state index is 0.0900. The van der Waals surface area contributed by atoms with Crippen molar-refractivity contribution in [3.05, 3.63) is 58.6 Å². The summed E-state index contributed by atoms with van der Waals surface area (Å²) in [6.45, 7) is 0. The van der Waals surface area contributed by atoms with Gasteiger partial charge in [0.1, 0.15) is 6.04 Å². The van der Waals surface area contributed by atoms with Gasteiger partial charge in [0.05, 0.1) is 22.8 Å². The summed E-state index contributed by atoms with van der Waals surface area (Å²) in [5.74, 6) is -0.527. The number of halogens is 2. The molecule has 1 heterocycles. The molecule has 3 rings (SSSR count). The Morgan fingerprint density at radius 3 is 2.45 bits per heavy atom. The maximum absolute atomic E-state index is 12.5. The third kappa shape index (κ3) is 2.80. The average Bonchev–Trinajstić information content (AvgIpc) is 2.77. The zero-order valence-electron chi connectivity index (χ0n) is 11.4. The smallest absolute Gasteiger partial charge is 0.256 e. The molecule has 22 heavy (non-hydrogen) atoms. The molecule has 6 heteroatoms. The van der Waals surface area contributed by atoms with Crippen LogP contribution in [0.3, 0.4) is 0 Å². The highest BCUT2D eigenvalue weighted by Crippen LogP contribution is 2.29. The minimum atomic E-state index is -0.633. The summed E-state index contributed by atoms with van der Waals surface area (Å²) in [5.41, 5.74) is 1.15. The maximum atomic E-state index is 12.5. The van der Waals surface area contributed by atoms with E-state index in [9.17, 15) is 9.59 Å². The topological polar surface area (TPSA) is 49.4 Å². The van der Waals surface area contributed by atoms with Gasteiger partial charge in [-0.25, -0.2) is 4.90 Å². The van der Waals surface area contributed by atoms with E-state index in [1.807, 2.05) is 6.07 Å². The molecule has 1 unspecified atom stereocenters. The summed E-state index contributed by atoms with van der Waals surface area (Å²) in [6.07, 6.45) is 0.0900. The van der Waals surface area contributed by atoms with Crippen molar-refractivity contribution in [1.82, 2.24) is 0 Å². The summed E-state index contributed by atoms with van der Waals surface area (Å²) < 4.78 is 0. The van der Waals surface area contributed by atoms with Gasteiger partial charge in [0.15, 0.2) is 0 Å². The zero-order chi connectivity index (χ0) is 15.7. The van der Waals surface area contributed by atoms with Gasteiger partial charge in [-0.1, -0.05) is 41.4 Å². The van der Waals surface area contributed by atoms with E-state index in [0.29, 0.717) is 21.4 Å². The number of anilines is 2. The largest absolute Gasteiger partial charge is 0.372 e. The lowest BCUT2D eigenvalue weighted by atomic mass is 10.2. The molecule has 4 nitrogen and oxygen atoms in total. The van der Waals surface area contributed by atoms with Gasteiger partial charge in [0.25, 0.3) is 5.91 Å². The van der Waals surface area contributed by atoms with Crippen LogP contribution in [0.2, 0.25) is 10.0 Å². The first-order valence-corrected chi connectivity index (χ1v) is 7.45. The average molecular weight is 335 g/mol. The van der Waals surface area contributed by atoms with Crippen molar-refractivity contribution in [2.45, 2.75) is 12.5 Å². The standard InChI is InChI=1S/C16H12Cl2N2O2/c17-10-6-7-13(12(18)8-10)19-14-9-15(21)20(16(14)22)11-4-2-1-3-5-11/h1-8,14,19H,9H2. The van der Waals surface area contributed by atoms with Gasteiger partial charge in [-0.2, -0.15) is 0 Å². The molecule has 1 aliphatic heterocycles. The van der Waals surface area contributed by atoms with Gasteiger partial charge >= 0.3 is 0 Å². The molecule has 1 atom stereocenters. The van der Waals surface area contributed by atoms with E-state index in [2.05, 4.69) is 5.32 Å². The van der Waals surface area contributed by atoms with E-state index in [0.717, 1.165) is 0 Å².